The van der Waals surface area contributed by atoms with E-state index >= 15 is 0 Å². The van der Waals surface area contributed by atoms with Crippen molar-refractivity contribution in [3.63, 3.8) is 0 Å². The zero-order chi connectivity index (χ0) is 14.9. The fourth-order valence-electron chi connectivity index (χ4n) is 1.46. The molecule has 3 N–H and O–H groups in total. The van der Waals surface area contributed by atoms with Crippen molar-refractivity contribution in [2.45, 2.75) is 11.4 Å². The molecule has 0 unspecified atom stereocenters. The lowest BCUT2D eigenvalue weighted by molar-refractivity contribution is 0.601. The van der Waals surface area contributed by atoms with E-state index in [0.29, 0.717) is 25.5 Å². The highest BCUT2D eigenvalue weighted by Crippen LogP contribution is 2.35. The smallest absolute Gasteiger partial charge is 0.263 e. The molecule has 2 aromatic rings. The summed E-state index contributed by atoms with van der Waals surface area (Å²) in [6.45, 7) is 0.291. The topological polar surface area (TPSA) is 72.2 Å². The fraction of sp³-hybridized carbons (Fsp3) is 0.0909. The Hall–Kier alpha value is -0.120. The van der Waals surface area contributed by atoms with Crippen molar-refractivity contribution >= 4 is 70.5 Å². The van der Waals surface area contributed by atoms with Gasteiger partial charge in [-0.25, -0.2) is 8.42 Å². The minimum absolute atomic E-state index is 0.162. The molecule has 0 saturated heterocycles. The van der Waals surface area contributed by atoms with Crippen LogP contribution in [0, 0.1) is 0 Å². The Kier molecular flexibility index (Phi) is 5.14. The summed E-state index contributed by atoms with van der Waals surface area (Å²) in [4.78, 5) is 0.942. The Bertz CT molecular complexity index is 747. The molecular weight excluding hydrogens is 452 g/mol. The third-order valence-electron chi connectivity index (χ3n) is 2.39. The Morgan fingerprint density at radius 2 is 2.05 bits per heavy atom. The third-order valence-corrected chi connectivity index (χ3v) is 7.43. The van der Waals surface area contributed by atoms with Crippen LogP contribution in [-0.2, 0) is 16.6 Å². The SMILES string of the molecule is NCc1cc(S(=O)(=O)Nc2cccc(Cl)c2Br)c(Br)s1. The summed E-state index contributed by atoms with van der Waals surface area (Å²) in [5, 5.41) is 0.428. The van der Waals surface area contributed by atoms with Crippen LogP contribution in [0.4, 0.5) is 5.69 Å². The lowest BCUT2D eigenvalue weighted by Gasteiger charge is -2.09. The average molecular weight is 461 g/mol. The number of hydrogen-bond acceptors (Lipinski definition) is 4. The first-order valence-electron chi connectivity index (χ1n) is 5.30. The van der Waals surface area contributed by atoms with Crippen LogP contribution in [0.15, 0.2) is 37.4 Å². The average Bonchev–Trinajstić information content (AvgIpc) is 2.77. The van der Waals surface area contributed by atoms with Crippen LogP contribution < -0.4 is 10.5 Å². The molecule has 0 amide bonds. The molecule has 1 heterocycles. The largest absolute Gasteiger partial charge is 0.326 e. The van der Waals surface area contributed by atoms with Crippen molar-refractivity contribution in [3.05, 3.63) is 42.4 Å². The summed E-state index contributed by atoms with van der Waals surface area (Å²) in [6, 6.07) is 6.50. The van der Waals surface area contributed by atoms with Gasteiger partial charge in [0.25, 0.3) is 10.0 Å². The summed E-state index contributed by atoms with van der Waals surface area (Å²) in [5.74, 6) is 0. The first kappa shape index (κ1) is 16.3. The molecular formula is C11H9Br2ClN2O2S2. The maximum absolute atomic E-state index is 12.4. The van der Waals surface area contributed by atoms with E-state index in [1.165, 1.54) is 11.3 Å². The number of sulfonamides is 1. The Morgan fingerprint density at radius 1 is 1.35 bits per heavy atom. The second-order valence-corrected chi connectivity index (χ2v) is 9.07. The fourth-order valence-corrected chi connectivity index (χ4v) is 5.77. The van der Waals surface area contributed by atoms with Gasteiger partial charge in [0.1, 0.15) is 4.90 Å². The molecule has 108 valence electrons. The lowest BCUT2D eigenvalue weighted by atomic mass is 10.3. The van der Waals surface area contributed by atoms with Gasteiger partial charge >= 0.3 is 0 Å². The van der Waals surface area contributed by atoms with E-state index in [1.54, 1.807) is 24.3 Å². The molecule has 0 spiro atoms. The van der Waals surface area contributed by atoms with Crippen LogP contribution in [0.1, 0.15) is 4.88 Å². The molecule has 20 heavy (non-hydrogen) atoms. The van der Waals surface area contributed by atoms with E-state index in [1.807, 2.05) is 0 Å². The molecule has 0 aliphatic heterocycles. The van der Waals surface area contributed by atoms with Crippen LogP contribution >= 0.6 is 54.8 Å². The van der Waals surface area contributed by atoms with Crippen LogP contribution in [0.2, 0.25) is 5.02 Å². The van der Waals surface area contributed by atoms with Crippen molar-refractivity contribution in [2.75, 3.05) is 4.72 Å². The molecule has 1 aromatic carbocycles. The number of thiophene rings is 1. The minimum atomic E-state index is -3.70. The molecule has 0 aliphatic rings. The summed E-state index contributed by atoms with van der Waals surface area (Å²) < 4.78 is 28.3. The third kappa shape index (κ3) is 3.37. The maximum atomic E-state index is 12.4. The number of hydrogen-bond donors (Lipinski definition) is 2. The highest BCUT2D eigenvalue weighted by Gasteiger charge is 2.22. The number of benzene rings is 1. The van der Waals surface area contributed by atoms with Crippen LogP contribution in [0.3, 0.4) is 0 Å². The van der Waals surface area contributed by atoms with Crippen LogP contribution in [-0.4, -0.2) is 8.42 Å². The van der Waals surface area contributed by atoms with Gasteiger partial charge in [-0.05, 0) is 50.1 Å². The number of rotatable bonds is 4. The van der Waals surface area contributed by atoms with Crippen LogP contribution in [0.25, 0.3) is 0 Å². The number of nitrogens with two attached hydrogens (primary N) is 1. The summed E-state index contributed by atoms with van der Waals surface area (Å²) in [6.07, 6.45) is 0. The van der Waals surface area contributed by atoms with E-state index < -0.39 is 10.0 Å². The second kappa shape index (κ2) is 6.33. The van der Waals surface area contributed by atoms with Gasteiger partial charge in [0.15, 0.2) is 0 Å². The normalized spacial score (nSPS) is 11.6. The van der Waals surface area contributed by atoms with E-state index in [0.717, 1.165) is 4.88 Å². The van der Waals surface area contributed by atoms with Gasteiger partial charge in [0, 0.05) is 11.4 Å². The first-order valence-corrected chi connectivity index (χ1v) is 9.56. The summed E-state index contributed by atoms with van der Waals surface area (Å²) >= 11 is 13.7. The van der Waals surface area contributed by atoms with Crippen molar-refractivity contribution in [1.82, 2.24) is 0 Å². The predicted octanol–water partition coefficient (Wildman–Crippen LogP) is 4.19. The van der Waals surface area contributed by atoms with E-state index in [9.17, 15) is 8.42 Å². The molecule has 0 atom stereocenters. The Morgan fingerprint density at radius 3 is 2.65 bits per heavy atom. The highest BCUT2D eigenvalue weighted by atomic mass is 79.9. The van der Waals surface area contributed by atoms with Gasteiger partial charge in [-0.2, -0.15) is 0 Å². The molecule has 9 heteroatoms. The van der Waals surface area contributed by atoms with Crippen molar-refractivity contribution in [2.24, 2.45) is 5.73 Å². The quantitative estimate of drug-likeness (QED) is 0.719. The predicted molar refractivity (Wildman–Crippen MR) is 89.9 cm³/mol. The van der Waals surface area contributed by atoms with Gasteiger partial charge in [-0.1, -0.05) is 17.7 Å². The molecule has 0 radical (unpaired) electrons. The minimum Gasteiger partial charge on any atom is -0.326 e. The van der Waals surface area contributed by atoms with E-state index in [-0.39, 0.29) is 4.90 Å². The van der Waals surface area contributed by atoms with Gasteiger partial charge in [-0.15, -0.1) is 11.3 Å². The van der Waals surface area contributed by atoms with E-state index in [4.69, 9.17) is 17.3 Å². The molecule has 0 bridgehead atoms. The van der Waals surface area contributed by atoms with Gasteiger partial charge in [0.2, 0.25) is 0 Å². The maximum Gasteiger partial charge on any atom is 0.263 e. The van der Waals surface area contributed by atoms with Crippen molar-refractivity contribution < 1.29 is 8.42 Å². The lowest BCUT2D eigenvalue weighted by Crippen LogP contribution is -2.13. The monoisotopic (exact) mass is 458 g/mol. The molecule has 0 aliphatic carbocycles. The molecule has 4 nitrogen and oxygen atoms in total. The molecule has 1 aromatic heterocycles. The zero-order valence-corrected chi connectivity index (χ0v) is 15.4. The molecule has 2 rings (SSSR count). The number of nitrogens with one attached hydrogen (secondary N) is 1. The Balaban J connectivity index is 2.40. The summed E-state index contributed by atoms with van der Waals surface area (Å²) in [5.41, 5.74) is 5.90. The van der Waals surface area contributed by atoms with Gasteiger partial charge in [-0.3, -0.25) is 4.72 Å². The molecule has 0 fully saturated rings. The van der Waals surface area contributed by atoms with Gasteiger partial charge < -0.3 is 5.73 Å². The van der Waals surface area contributed by atoms with Crippen molar-refractivity contribution in [1.29, 1.82) is 0 Å². The highest BCUT2D eigenvalue weighted by molar-refractivity contribution is 9.11. The summed E-state index contributed by atoms with van der Waals surface area (Å²) in [7, 11) is -3.70. The van der Waals surface area contributed by atoms with Crippen molar-refractivity contribution in [3.8, 4) is 0 Å². The van der Waals surface area contributed by atoms with Crippen LogP contribution in [0.5, 0.6) is 0 Å². The zero-order valence-electron chi connectivity index (χ0n) is 9.86. The van der Waals surface area contributed by atoms with Gasteiger partial charge in [0.05, 0.1) is 19.0 Å². The standard InChI is InChI=1S/C11H9Br2ClN2O2S2/c12-10-7(14)2-1-3-8(10)16-20(17,18)9-4-6(5-15)19-11(9)13/h1-4,16H,5,15H2. The number of anilines is 1. The number of halogens is 3. The molecule has 0 saturated carbocycles. The first-order chi connectivity index (χ1) is 9.35. The van der Waals surface area contributed by atoms with E-state index in [2.05, 4.69) is 36.6 Å². The second-order valence-electron chi connectivity index (χ2n) is 3.76. The Labute approximate surface area is 142 Å².